The summed E-state index contributed by atoms with van der Waals surface area (Å²) in [4.78, 5) is 15.0. The van der Waals surface area contributed by atoms with Crippen LogP contribution in [0.5, 0.6) is 11.5 Å². The largest absolute Gasteiger partial charge is 0.495 e. The maximum absolute atomic E-state index is 13.2. The van der Waals surface area contributed by atoms with E-state index in [0.717, 1.165) is 23.4 Å². The monoisotopic (exact) mass is 486 g/mol. The summed E-state index contributed by atoms with van der Waals surface area (Å²) in [5.41, 5.74) is 1.75. The lowest BCUT2D eigenvalue weighted by Crippen LogP contribution is -2.50. The number of ether oxygens (including phenoxy) is 2. The molecular weight excluding hydrogens is 464 g/mol. The van der Waals surface area contributed by atoms with Crippen LogP contribution in [0.25, 0.3) is 5.69 Å². The van der Waals surface area contributed by atoms with Crippen molar-refractivity contribution in [3.05, 3.63) is 71.0 Å². The summed E-state index contributed by atoms with van der Waals surface area (Å²) in [5.74, 6) is 0.728. The minimum Gasteiger partial charge on any atom is -0.495 e. The van der Waals surface area contributed by atoms with Crippen molar-refractivity contribution in [1.29, 1.82) is 0 Å². The second kappa shape index (κ2) is 7.81. The number of piperidine rings is 1. The molecule has 0 aliphatic carbocycles. The van der Waals surface area contributed by atoms with Gasteiger partial charge in [-0.25, -0.2) is 8.42 Å². The second-order valence-corrected chi connectivity index (χ2v) is 10.8. The number of sulfone groups is 1. The molecule has 2 aliphatic heterocycles. The van der Waals surface area contributed by atoms with E-state index in [0.29, 0.717) is 36.5 Å². The first-order valence-electron chi connectivity index (χ1n) is 10.6. The maximum Gasteiger partial charge on any atom is 0.253 e. The van der Waals surface area contributed by atoms with Crippen molar-refractivity contribution in [2.24, 2.45) is 0 Å². The highest BCUT2D eigenvalue weighted by atomic mass is 35.5. The quantitative estimate of drug-likeness (QED) is 0.557. The van der Waals surface area contributed by atoms with Gasteiger partial charge in [0.15, 0.2) is 15.4 Å². The third kappa shape index (κ3) is 3.67. The van der Waals surface area contributed by atoms with Crippen molar-refractivity contribution in [3.63, 3.8) is 0 Å². The van der Waals surface area contributed by atoms with E-state index in [1.165, 1.54) is 19.2 Å². The Morgan fingerprint density at radius 2 is 1.88 bits per heavy atom. The maximum atomic E-state index is 13.2. The molecule has 172 valence electrons. The third-order valence-electron chi connectivity index (χ3n) is 6.37. The highest BCUT2D eigenvalue weighted by Gasteiger charge is 2.44. The Morgan fingerprint density at radius 3 is 2.58 bits per heavy atom. The van der Waals surface area contributed by atoms with Gasteiger partial charge in [-0.15, -0.1) is 0 Å². The first-order valence-corrected chi connectivity index (χ1v) is 12.8. The average Bonchev–Trinajstić information content (AvgIpc) is 3.29. The van der Waals surface area contributed by atoms with Crippen molar-refractivity contribution in [2.75, 3.05) is 26.5 Å². The zero-order valence-electron chi connectivity index (χ0n) is 18.2. The molecule has 2 aromatic carbocycles. The molecule has 5 rings (SSSR count). The number of hydrogen-bond acceptors (Lipinski definition) is 5. The van der Waals surface area contributed by atoms with Crippen molar-refractivity contribution in [1.82, 2.24) is 9.47 Å². The molecule has 0 atom stereocenters. The molecule has 7 nitrogen and oxygen atoms in total. The van der Waals surface area contributed by atoms with Crippen LogP contribution >= 0.6 is 11.6 Å². The summed E-state index contributed by atoms with van der Waals surface area (Å²) >= 11 is 6.21. The van der Waals surface area contributed by atoms with Gasteiger partial charge in [-0.2, -0.15) is 0 Å². The molecule has 1 aromatic heterocycles. The number of likely N-dealkylation sites (tertiary alicyclic amines) is 1. The van der Waals surface area contributed by atoms with Gasteiger partial charge in [-0.3, -0.25) is 4.79 Å². The number of rotatable bonds is 3. The third-order valence-corrected chi connectivity index (χ3v) is 7.72. The minimum absolute atomic E-state index is 0.00579. The number of aromatic nitrogens is 1. The molecule has 0 saturated carbocycles. The van der Waals surface area contributed by atoms with Crippen LogP contribution in [0.15, 0.2) is 59.6 Å². The van der Waals surface area contributed by atoms with Crippen LogP contribution in [-0.2, 0) is 15.4 Å². The fourth-order valence-corrected chi connectivity index (χ4v) is 5.73. The number of carbonyl (C=O) groups is 1. The number of amides is 1. The Kier molecular flexibility index (Phi) is 5.17. The predicted octanol–water partition coefficient (Wildman–Crippen LogP) is 4.07. The molecule has 2 aliphatic rings. The van der Waals surface area contributed by atoms with Gasteiger partial charge in [0.1, 0.15) is 16.4 Å². The van der Waals surface area contributed by atoms with Gasteiger partial charge in [0, 0.05) is 55.0 Å². The Bertz CT molecular complexity index is 1360. The van der Waals surface area contributed by atoms with Crippen LogP contribution < -0.4 is 9.47 Å². The van der Waals surface area contributed by atoms with Crippen molar-refractivity contribution in [3.8, 4) is 17.2 Å². The highest BCUT2D eigenvalue weighted by Crippen LogP contribution is 2.45. The molecule has 0 N–H and O–H groups in total. The summed E-state index contributed by atoms with van der Waals surface area (Å²) < 4.78 is 38.1. The molecular formula is C24H23ClN2O5S. The molecule has 9 heteroatoms. The number of hydrogen-bond donors (Lipinski definition) is 0. The lowest BCUT2D eigenvalue weighted by atomic mass is 9.86. The summed E-state index contributed by atoms with van der Waals surface area (Å²) in [7, 11) is -2.14. The van der Waals surface area contributed by atoms with Crippen LogP contribution in [0, 0.1) is 0 Å². The lowest BCUT2D eigenvalue weighted by molar-refractivity contribution is -0.00930. The van der Waals surface area contributed by atoms with Gasteiger partial charge in [-0.05, 0) is 42.5 Å². The van der Waals surface area contributed by atoms with Crippen LogP contribution in [0.4, 0.5) is 0 Å². The van der Waals surface area contributed by atoms with Crippen LogP contribution in [0.3, 0.4) is 0 Å². The summed E-state index contributed by atoms with van der Waals surface area (Å²) in [5, 5.41) is 0.605. The number of halogens is 1. The molecule has 3 heterocycles. The molecule has 0 radical (unpaired) electrons. The highest BCUT2D eigenvalue weighted by molar-refractivity contribution is 7.90. The van der Waals surface area contributed by atoms with E-state index < -0.39 is 15.4 Å². The van der Waals surface area contributed by atoms with Crippen LogP contribution in [0.1, 0.15) is 28.9 Å². The molecule has 1 fully saturated rings. The number of nitrogens with zero attached hydrogens (tertiary/aromatic N) is 2. The normalized spacial score (nSPS) is 16.6. The van der Waals surface area contributed by atoms with E-state index >= 15 is 0 Å². The molecule has 3 aromatic rings. The van der Waals surface area contributed by atoms with Crippen molar-refractivity contribution >= 4 is 27.3 Å². The lowest BCUT2D eigenvalue weighted by Gasteiger charge is -2.45. The summed E-state index contributed by atoms with van der Waals surface area (Å²) in [6.45, 7) is 0.945. The van der Waals surface area contributed by atoms with Gasteiger partial charge >= 0.3 is 0 Å². The molecule has 33 heavy (non-hydrogen) atoms. The van der Waals surface area contributed by atoms with E-state index in [2.05, 4.69) is 10.6 Å². The van der Waals surface area contributed by atoms with Gasteiger partial charge in [-0.1, -0.05) is 11.6 Å². The van der Waals surface area contributed by atoms with Crippen LogP contribution in [0.2, 0.25) is 5.02 Å². The van der Waals surface area contributed by atoms with Crippen molar-refractivity contribution in [2.45, 2.75) is 23.3 Å². The van der Waals surface area contributed by atoms with E-state index in [-0.39, 0.29) is 16.6 Å². The number of methoxy groups -OCH3 is 1. The Hall–Kier alpha value is -2.97. The first kappa shape index (κ1) is 21.9. The van der Waals surface area contributed by atoms with E-state index in [1.807, 2.05) is 30.5 Å². The van der Waals surface area contributed by atoms with Gasteiger partial charge in [0.2, 0.25) is 0 Å². The number of fused-ring (bicyclic) bond motifs is 4. The first-order chi connectivity index (χ1) is 15.7. The average molecular weight is 487 g/mol. The van der Waals surface area contributed by atoms with Gasteiger partial charge < -0.3 is 18.9 Å². The summed E-state index contributed by atoms with van der Waals surface area (Å²) in [6, 6.07) is 14.2. The molecule has 0 unspecified atom stereocenters. The number of carbonyl (C=O) groups excluding carboxylic acids is 1. The molecule has 1 amide bonds. The van der Waals surface area contributed by atoms with E-state index in [9.17, 15) is 13.2 Å². The Morgan fingerprint density at radius 1 is 1.12 bits per heavy atom. The predicted molar refractivity (Wildman–Crippen MR) is 124 cm³/mol. The SMILES string of the molecule is COc1ccc(C(=O)N2CCC3(CC2)Oc2cc(Cl)ccc2-n2cccc23)cc1S(C)(=O)=O. The molecule has 1 spiro atoms. The smallest absolute Gasteiger partial charge is 0.253 e. The van der Waals surface area contributed by atoms with Gasteiger partial charge in [0.25, 0.3) is 5.91 Å². The molecule has 0 bridgehead atoms. The number of benzene rings is 2. The second-order valence-electron chi connectivity index (χ2n) is 8.40. The van der Waals surface area contributed by atoms with Gasteiger partial charge in [0.05, 0.1) is 18.5 Å². The minimum atomic E-state index is -3.54. The summed E-state index contributed by atoms with van der Waals surface area (Å²) in [6.07, 6.45) is 4.31. The van der Waals surface area contributed by atoms with Crippen molar-refractivity contribution < 1.29 is 22.7 Å². The molecule has 1 saturated heterocycles. The topological polar surface area (TPSA) is 77.8 Å². The Labute approximate surface area is 197 Å². The zero-order chi connectivity index (χ0) is 23.4. The fourth-order valence-electron chi connectivity index (χ4n) is 4.71. The fraction of sp³-hybridized carbons (Fsp3) is 0.292. The van der Waals surface area contributed by atoms with E-state index in [4.69, 9.17) is 21.1 Å². The van der Waals surface area contributed by atoms with E-state index in [1.54, 1.807) is 11.0 Å². The zero-order valence-corrected chi connectivity index (χ0v) is 19.8. The standard InChI is InChI=1S/C24H23ClN2O5S/c1-31-19-8-5-16(14-21(19)33(2,29)30)23(28)26-12-9-24(10-13-26)22-4-3-11-27(22)18-7-6-17(25)15-20(18)32-24/h3-8,11,14-15H,9-10,12-13H2,1-2H3. The van der Waals surface area contributed by atoms with Crippen LogP contribution in [-0.4, -0.2) is 50.2 Å². The Balaban J connectivity index is 1.41.